The normalized spacial score (nSPS) is 21.5. The van der Waals surface area contributed by atoms with Crippen LogP contribution in [0.25, 0.3) is 0 Å². The van der Waals surface area contributed by atoms with Crippen molar-refractivity contribution in [3.63, 3.8) is 0 Å². The van der Waals surface area contributed by atoms with Gasteiger partial charge < -0.3 is 20.6 Å². The second-order valence-electron chi connectivity index (χ2n) is 6.37. The van der Waals surface area contributed by atoms with E-state index in [2.05, 4.69) is 23.9 Å². The molecule has 19 heavy (non-hydrogen) atoms. The molecule has 1 fully saturated rings. The Morgan fingerprint density at radius 3 is 2.47 bits per heavy atom. The summed E-state index contributed by atoms with van der Waals surface area (Å²) in [6.45, 7) is 6.00. The molecule has 1 aliphatic heterocycles. The van der Waals surface area contributed by atoms with E-state index in [1.165, 1.54) is 19.4 Å². The molecule has 1 saturated heterocycles. The Labute approximate surface area is 116 Å². The summed E-state index contributed by atoms with van der Waals surface area (Å²) >= 11 is 0. The highest BCUT2D eigenvalue weighted by Crippen LogP contribution is 2.18. The van der Waals surface area contributed by atoms with Crippen molar-refractivity contribution in [2.75, 3.05) is 40.3 Å². The van der Waals surface area contributed by atoms with Crippen molar-refractivity contribution in [3.05, 3.63) is 0 Å². The molecular formula is C14H29N3O2. The zero-order chi connectivity index (χ0) is 14.5. The molecule has 0 aromatic rings. The van der Waals surface area contributed by atoms with Gasteiger partial charge in [-0.1, -0.05) is 0 Å². The maximum absolute atomic E-state index is 10.9. The Balaban J connectivity index is 2.18. The van der Waals surface area contributed by atoms with E-state index in [0.717, 1.165) is 32.0 Å². The quantitative estimate of drug-likeness (QED) is 0.718. The Kier molecular flexibility index (Phi) is 6.23. The summed E-state index contributed by atoms with van der Waals surface area (Å²) in [6.07, 6.45) is 3.89. The van der Waals surface area contributed by atoms with Crippen molar-refractivity contribution < 1.29 is 9.90 Å². The van der Waals surface area contributed by atoms with Crippen LogP contribution < -0.4 is 5.73 Å². The van der Waals surface area contributed by atoms with Crippen molar-refractivity contribution in [3.8, 4) is 0 Å². The largest absolute Gasteiger partial charge is 0.480 e. The summed E-state index contributed by atoms with van der Waals surface area (Å²) in [5, 5.41) is 8.95. The van der Waals surface area contributed by atoms with E-state index in [1.54, 1.807) is 6.92 Å². The van der Waals surface area contributed by atoms with Crippen LogP contribution in [0.15, 0.2) is 0 Å². The maximum atomic E-state index is 10.9. The number of aliphatic carboxylic acids is 1. The Morgan fingerprint density at radius 2 is 2.00 bits per heavy atom. The van der Waals surface area contributed by atoms with Gasteiger partial charge in [0.2, 0.25) is 0 Å². The fourth-order valence-electron chi connectivity index (χ4n) is 2.69. The average Bonchev–Trinajstić information content (AvgIpc) is 2.30. The van der Waals surface area contributed by atoms with Gasteiger partial charge in [-0.3, -0.25) is 4.79 Å². The SMILES string of the molecule is CN(C)CC1CCN(CCCC(C)(N)C(=O)O)CC1. The highest BCUT2D eigenvalue weighted by Gasteiger charge is 2.27. The van der Waals surface area contributed by atoms with E-state index < -0.39 is 11.5 Å². The number of rotatable bonds is 7. The van der Waals surface area contributed by atoms with Crippen molar-refractivity contribution in [2.24, 2.45) is 11.7 Å². The van der Waals surface area contributed by atoms with Gasteiger partial charge in [0.25, 0.3) is 0 Å². The van der Waals surface area contributed by atoms with E-state index in [1.807, 2.05) is 0 Å². The lowest BCUT2D eigenvalue weighted by atomic mass is 9.94. The van der Waals surface area contributed by atoms with Crippen molar-refractivity contribution >= 4 is 5.97 Å². The third-order valence-electron chi connectivity index (χ3n) is 3.99. The molecule has 1 rings (SSSR count). The molecule has 0 aliphatic carbocycles. The number of nitrogens with zero attached hydrogens (tertiary/aromatic N) is 2. The smallest absolute Gasteiger partial charge is 0.323 e. The van der Waals surface area contributed by atoms with Crippen LogP contribution in [0.5, 0.6) is 0 Å². The molecule has 1 atom stereocenters. The third kappa shape index (κ3) is 5.89. The first-order valence-electron chi connectivity index (χ1n) is 7.20. The Morgan fingerprint density at radius 1 is 1.42 bits per heavy atom. The molecule has 5 heteroatoms. The minimum Gasteiger partial charge on any atom is -0.480 e. The molecule has 1 unspecified atom stereocenters. The number of carboxylic acids is 1. The number of hydrogen-bond acceptors (Lipinski definition) is 4. The van der Waals surface area contributed by atoms with Gasteiger partial charge in [0.1, 0.15) is 5.54 Å². The van der Waals surface area contributed by atoms with Gasteiger partial charge in [-0.2, -0.15) is 0 Å². The first-order chi connectivity index (χ1) is 8.81. The first kappa shape index (κ1) is 16.4. The van der Waals surface area contributed by atoms with E-state index in [9.17, 15) is 4.79 Å². The van der Waals surface area contributed by atoms with Gasteiger partial charge in [0, 0.05) is 6.54 Å². The van der Waals surface area contributed by atoms with Gasteiger partial charge in [0.15, 0.2) is 0 Å². The lowest BCUT2D eigenvalue weighted by molar-refractivity contribution is -0.142. The number of nitrogens with two attached hydrogens (primary N) is 1. The second kappa shape index (κ2) is 7.22. The van der Waals surface area contributed by atoms with Crippen LogP contribution in [0, 0.1) is 5.92 Å². The minimum absolute atomic E-state index is 0.542. The second-order valence-corrected chi connectivity index (χ2v) is 6.37. The number of hydrogen-bond donors (Lipinski definition) is 2. The monoisotopic (exact) mass is 271 g/mol. The lowest BCUT2D eigenvalue weighted by Gasteiger charge is -2.33. The fourth-order valence-corrected chi connectivity index (χ4v) is 2.69. The van der Waals surface area contributed by atoms with Gasteiger partial charge in [0.05, 0.1) is 0 Å². The van der Waals surface area contributed by atoms with Crippen LogP contribution >= 0.6 is 0 Å². The maximum Gasteiger partial charge on any atom is 0.323 e. The summed E-state index contributed by atoms with van der Waals surface area (Å²) in [4.78, 5) is 15.6. The number of carbonyl (C=O) groups is 1. The summed E-state index contributed by atoms with van der Waals surface area (Å²) in [7, 11) is 4.25. The van der Waals surface area contributed by atoms with E-state index in [4.69, 9.17) is 10.8 Å². The molecule has 0 radical (unpaired) electrons. The molecule has 112 valence electrons. The summed E-state index contributed by atoms with van der Waals surface area (Å²) in [5.41, 5.74) is 4.65. The summed E-state index contributed by atoms with van der Waals surface area (Å²) < 4.78 is 0. The molecule has 0 aromatic carbocycles. The van der Waals surface area contributed by atoms with Gasteiger partial charge in [-0.15, -0.1) is 0 Å². The molecule has 0 bridgehead atoms. The molecule has 0 spiro atoms. The van der Waals surface area contributed by atoms with Gasteiger partial charge in [-0.25, -0.2) is 0 Å². The average molecular weight is 271 g/mol. The van der Waals surface area contributed by atoms with Gasteiger partial charge in [-0.05, 0) is 72.3 Å². The summed E-state index contributed by atoms with van der Waals surface area (Å²) in [6, 6.07) is 0. The zero-order valence-electron chi connectivity index (χ0n) is 12.6. The number of likely N-dealkylation sites (tertiary alicyclic amines) is 1. The predicted octanol–water partition coefficient (Wildman–Crippen LogP) is 0.842. The Bertz CT molecular complexity index is 284. The van der Waals surface area contributed by atoms with E-state index >= 15 is 0 Å². The van der Waals surface area contributed by atoms with Crippen molar-refractivity contribution in [2.45, 2.75) is 38.1 Å². The zero-order valence-corrected chi connectivity index (χ0v) is 12.6. The van der Waals surface area contributed by atoms with Crippen LogP contribution in [-0.2, 0) is 4.79 Å². The van der Waals surface area contributed by atoms with Crippen molar-refractivity contribution in [1.82, 2.24) is 9.80 Å². The molecule has 5 nitrogen and oxygen atoms in total. The third-order valence-corrected chi connectivity index (χ3v) is 3.99. The molecular weight excluding hydrogens is 242 g/mol. The molecule has 0 saturated carbocycles. The summed E-state index contributed by atoms with van der Waals surface area (Å²) in [5.74, 6) is -0.0952. The first-order valence-corrected chi connectivity index (χ1v) is 7.20. The van der Waals surface area contributed by atoms with E-state index in [-0.39, 0.29) is 0 Å². The minimum atomic E-state index is -1.08. The predicted molar refractivity (Wildman–Crippen MR) is 77.2 cm³/mol. The fraction of sp³-hybridized carbons (Fsp3) is 0.929. The molecule has 3 N–H and O–H groups in total. The molecule has 1 aliphatic rings. The standard InChI is InChI=1S/C14H29N3O2/c1-14(15,13(18)19)7-4-8-17-9-5-12(6-10-17)11-16(2)3/h12H,4-11,15H2,1-3H3,(H,18,19). The van der Waals surface area contributed by atoms with Crippen LogP contribution in [0.3, 0.4) is 0 Å². The van der Waals surface area contributed by atoms with Crippen LogP contribution in [0.1, 0.15) is 32.6 Å². The van der Waals surface area contributed by atoms with Crippen LogP contribution in [-0.4, -0.2) is 66.7 Å². The Hall–Kier alpha value is -0.650. The van der Waals surface area contributed by atoms with Crippen molar-refractivity contribution in [1.29, 1.82) is 0 Å². The van der Waals surface area contributed by atoms with Crippen LogP contribution in [0.4, 0.5) is 0 Å². The highest BCUT2D eigenvalue weighted by molar-refractivity contribution is 5.77. The number of piperidine rings is 1. The molecule has 0 aromatic heterocycles. The highest BCUT2D eigenvalue weighted by atomic mass is 16.4. The van der Waals surface area contributed by atoms with E-state index in [0.29, 0.717) is 6.42 Å². The van der Waals surface area contributed by atoms with Gasteiger partial charge >= 0.3 is 5.97 Å². The molecule has 1 heterocycles. The topological polar surface area (TPSA) is 69.8 Å². The number of carboxylic acid groups (broad SMARTS) is 1. The lowest BCUT2D eigenvalue weighted by Crippen LogP contribution is -2.45. The van der Waals surface area contributed by atoms with Crippen LogP contribution in [0.2, 0.25) is 0 Å². The molecule has 0 amide bonds.